The van der Waals surface area contributed by atoms with E-state index in [-0.39, 0.29) is 11.5 Å². The SMILES string of the molecule is COCCCn1c(C(=O)N2CCN(C)CC2)cc2c(=O)n3cccc(C)c3nc21. The number of aryl methyl sites for hydroxylation is 2. The lowest BCUT2D eigenvalue weighted by Gasteiger charge is -2.32. The van der Waals surface area contributed by atoms with Crippen molar-refractivity contribution >= 4 is 22.6 Å². The molecule has 29 heavy (non-hydrogen) atoms. The maximum Gasteiger partial charge on any atom is 0.270 e. The number of nitrogens with zero attached hydrogens (tertiary/aromatic N) is 5. The molecule has 1 fully saturated rings. The van der Waals surface area contributed by atoms with E-state index in [1.54, 1.807) is 23.8 Å². The number of hydrogen-bond donors (Lipinski definition) is 0. The van der Waals surface area contributed by atoms with E-state index in [9.17, 15) is 9.59 Å². The molecule has 1 aliphatic rings. The monoisotopic (exact) mass is 397 g/mol. The van der Waals surface area contributed by atoms with Gasteiger partial charge in [-0.05, 0) is 38.1 Å². The molecule has 8 heteroatoms. The molecule has 0 spiro atoms. The van der Waals surface area contributed by atoms with Crippen molar-refractivity contribution in [2.45, 2.75) is 19.9 Å². The molecule has 1 saturated heterocycles. The molecule has 8 nitrogen and oxygen atoms in total. The number of rotatable bonds is 5. The molecular formula is C21H27N5O3. The largest absolute Gasteiger partial charge is 0.385 e. The van der Waals surface area contributed by atoms with E-state index >= 15 is 0 Å². The smallest absolute Gasteiger partial charge is 0.270 e. The Kier molecular flexibility index (Phi) is 5.38. The average Bonchev–Trinajstić information content (AvgIpc) is 3.08. The summed E-state index contributed by atoms with van der Waals surface area (Å²) in [5.74, 6) is -0.0429. The lowest BCUT2D eigenvalue weighted by atomic mass is 10.2. The normalized spacial score (nSPS) is 15.5. The quantitative estimate of drug-likeness (QED) is 0.609. The van der Waals surface area contributed by atoms with Crippen LogP contribution in [0.5, 0.6) is 0 Å². The van der Waals surface area contributed by atoms with Gasteiger partial charge in [0.05, 0.1) is 5.39 Å². The van der Waals surface area contributed by atoms with E-state index < -0.39 is 0 Å². The van der Waals surface area contributed by atoms with Crippen LogP contribution in [-0.4, -0.2) is 76.6 Å². The first-order valence-electron chi connectivity index (χ1n) is 9.99. The zero-order valence-electron chi connectivity index (χ0n) is 17.2. The van der Waals surface area contributed by atoms with Crippen molar-refractivity contribution in [3.63, 3.8) is 0 Å². The molecular weight excluding hydrogens is 370 g/mol. The number of carbonyl (C=O) groups is 1. The van der Waals surface area contributed by atoms with Crippen LogP contribution in [0, 0.1) is 6.92 Å². The molecule has 0 N–H and O–H groups in total. The highest BCUT2D eigenvalue weighted by atomic mass is 16.5. The van der Waals surface area contributed by atoms with E-state index in [0.29, 0.717) is 48.6 Å². The van der Waals surface area contributed by atoms with Gasteiger partial charge in [-0.15, -0.1) is 0 Å². The van der Waals surface area contributed by atoms with Crippen LogP contribution in [0.25, 0.3) is 16.7 Å². The third-order valence-electron chi connectivity index (χ3n) is 5.63. The number of hydrogen-bond acceptors (Lipinski definition) is 5. The minimum atomic E-state index is -0.147. The third kappa shape index (κ3) is 3.54. The van der Waals surface area contributed by atoms with Crippen molar-refractivity contribution in [3.8, 4) is 0 Å². The number of aromatic nitrogens is 3. The molecule has 0 aliphatic carbocycles. The van der Waals surface area contributed by atoms with Crippen LogP contribution < -0.4 is 5.56 Å². The van der Waals surface area contributed by atoms with Crippen LogP contribution in [0.2, 0.25) is 0 Å². The van der Waals surface area contributed by atoms with E-state index in [1.165, 1.54) is 0 Å². The molecule has 1 amide bonds. The Balaban J connectivity index is 1.86. The van der Waals surface area contributed by atoms with Crippen LogP contribution in [-0.2, 0) is 11.3 Å². The van der Waals surface area contributed by atoms with Gasteiger partial charge in [-0.2, -0.15) is 0 Å². The highest BCUT2D eigenvalue weighted by Crippen LogP contribution is 2.20. The standard InChI is InChI=1S/C21H27N5O3/c1-15-6-4-7-26-18(15)22-19-16(20(26)27)14-17(25(19)8-5-13-29-3)21(28)24-11-9-23(2)10-12-24/h4,6-7,14H,5,8-13H2,1-3H3. The van der Waals surface area contributed by atoms with E-state index in [4.69, 9.17) is 9.72 Å². The Morgan fingerprint density at radius 1 is 1.21 bits per heavy atom. The number of amides is 1. The molecule has 3 aromatic rings. The summed E-state index contributed by atoms with van der Waals surface area (Å²) in [7, 11) is 3.72. The Morgan fingerprint density at radius 3 is 2.69 bits per heavy atom. The van der Waals surface area contributed by atoms with Gasteiger partial charge in [0.25, 0.3) is 11.5 Å². The number of ether oxygens (including phenoxy) is 1. The van der Waals surface area contributed by atoms with Crippen LogP contribution in [0.3, 0.4) is 0 Å². The first kappa shape index (κ1) is 19.6. The Labute approximate surface area is 169 Å². The fourth-order valence-electron chi connectivity index (χ4n) is 3.90. The summed E-state index contributed by atoms with van der Waals surface area (Å²) < 4.78 is 8.64. The highest BCUT2D eigenvalue weighted by molar-refractivity contribution is 5.98. The molecule has 0 unspecified atom stereocenters. The minimum Gasteiger partial charge on any atom is -0.385 e. The van der Waals surface area contributed by atoms with Crippen molar-refractivity contribution in [1.29, 1.82) is 0 Å². The zero-order chi connectivity index (χ0) is 20.5. The van der Waals surface area contributed by atoms with Gasteiger partial charge in [-0.3, -0.25) is 14.0 Å². The van der Waals surface area contributed by atoms with Crippen LogP contribution in [0.4, 0.5) is 0 Å². The van der Waals surface area contributed by atoms with E-state index in [1.807, 2.05) is 28.5 Å². The van der Waals surface area contributed by atoms with E-state index in [2.05, 4.69) is 11.9 Å². The average molecular weight is 397 g/mol. The number of fused-ring (bicyclic) bond motifs is 2. The molecule has 0 aromatic carbocycles. The maximum absolute atomic E-state index is 13.3. The minimum absolute atomic E-state index is 0.0429. The first-order chi connectivity index (χ1) is 14.0. The molecule has 3 aromatic heterocycles. The third-order valence-corrected chi connectivity index (χ3v) is 5.63. The molecule has 154 valence electrons. The summed E-state index contributed by atoms with van der Waals surface area (Å²) in [6.45, 7) is 6.14. The van der Waals surface area contributed by atoms with Crippen molar-refractivity contribution in [1.82, 2.24) is 23.8 Å². The second-order valence-corrected chi connectivity index (χ2v) is 7.66. The zero-order valence-corrected chi connectivity index (χ0v) is 17.2. The van der Waals surface area contributed by atoms with Crippen LogP contribution in [0.1, 0.15) is 22.5 Å². The lowest BCUT2D eigenvalue weighted by molar-refractivity contribution is 0.0653. The molecule has 0 radical (unpaired) electrons. The number of piperazine rings is 1. The fourth-order valence-corrected chi connectivity index (χ4v) is 3.90. The fraction of sp³-hybridized carbons (Fsp3) is 0.476. The Bertz CT molecular complexity index is 1110. The van der Waals surface area contributed by atoms with Gasteiger partial charge in [0, 0.05) is 52.6 Å². The number of pyridine rings is 1. The van der Waals surface area contributed by atoms with Gasteiger partial charge < -0.3 is 19.1 Å². The summed E-state index contributed by atoms with van der Waals surface area (Å²) in [5, 5.41) is 0.475. The first-order valence-corrected chi connectivity index (χ1v) is 9.99. The second kappa shape index (κ2) is 7.96. The van der Waals surface area contributed by atoms with Gasteiger partial charge in [0.2, 0.25) is 0 Å². The molecule has 1 aliphatic heterocycles. The maximum atomic E-state index is 13.3. The van der Waals surface area contributed by atoms with Gasteiger partial charge in [0.1, 0.15) is 17.0 Å². The van der Waals surface area contributed by atoms with Gasteiger partial charge in [-0.25, -0.2) is 4.98 Å². The summed E-state index contributed by atoms with van der Waals surface area (Å²) in [6.07, 6.45) is 2.46. The van der Waals surface area contributed by atoms with Crippen molar-refractivity contribution in [2.24, 2.45) is 0 Å². The van der Waals surface area contributed by atoms with Crippen molar-refractivity contribution < 1.29 is 9.53 Å². The van der Waals surface area contributed by atoms with Gasteiger partial charge >= 0.3 is 0 Å². The number of likely N-dealkylation sites (N-methyl/N-ethyl adjacent to an activating group) is 1. The predicted octanol–water partition coefficient (Wildman–Crippen LogP) is 1.38. The highest BCUT2D eigenvalue weighted by Gasteiger charge is 2.26. The molecule has 0 atom stereocenters. The van der Waals surface area contributed by atoms with Crippen LogP contribution in [0.15, 0.2) is 29.2 Å². The molecule has 4 heterocycles. The Morgan fingerprint density at radius 2 is 1.97 bits per heavy atom. The molecule has 4 rings (SSSR count). The van der Waals surface area contributed by atoms with Crippen molar-refractivity contribution in [3.05, 3.63) is 46.0 Å². The van der Waals surface area contributed by atoms with Gasteiger partial charge in [0.15, 0.2) is 0 Å². The van der Waals surface area contributed by atoms with E-state index in [0.717, 1.165) is 25.1 Å². The Hall–Kier alpha value is -2.71. The summed E-state index contributed by atoms with van der Waals surface area (Å²) in [4.78, 5) is 35.3. The summed E-state index contributed by atoms with van der Waals surface area (Å²) in [6, 6.07) is 5.48. The topological polar surface area (TPSA) is 72.1 Å². The predicted molar refractivity (Wildman–Crippen MR) is 112 cm³/mol. The summed E-state index contributed by atoms with van der Waals surface area (Å²) in [5.41, 5.74) is 2.49. The van der Waals surface area contributed by atoms with Crippen LogP contribution >= 0.6 is 0 Å². The lowest BCUT2D eigenvalue weighted by Crippen LogP contribution is -2.47. The van der Waals surface area contributed by atoms with Gasteiger partial charge in [-0.1, -0.05) is 6.07 Å². The number of carbonyl (C=O) groups excluding carboxylic acids is 1. The summed E-state index contributed by atoms with van der Waals surface area (Å²) >= 11 is 0. The molecule has 0 saturated carbocycles. The molecule has 0 bridgehead atoms. The number of methoxy groups -OCH3 is 1. The van der Waals surface area contributed by atoms with Crippen molar-refractivity contribution in [2.75, 3.05) is 46.9 Å². The second-order valence-electron chi connectivity index (χ2n) is 7.66.